The number of aryl methyl sites for hydroxylation is 1. The van der Waals surface area contributed by atoms with Crippen LogP contribution in [0.3, 0.4) is 0 Å². The SMILES string of the molecule is CCCS(=O)(=O)Nc1cccc(NC(=O)COc2ccc(C)cc2)c1C. The second kappa shape index (κ2) is 8.71. The summed E-state index contributed by atoms with van der Waals surface area (Å²) >= 11 is 0. The Balaban J connectivity index is 2.01. The van der Waals surface area contributed by atoms with Gasteiger partial charge in [-0.15, -0.1) is 0 Å². The molecule has 2 N–H and O–H groups in total. The highest BCUT2D eigenvalue weighted by molar-refractivity contribution is 7.92. The van der Waals surface area contributed by atoms with Crippen LogP contribution in [0.5, 0.6) is 5.75 Å². The zero-order valence-electron chi connectivity index (χ0n) is 15.2. The van der Waals surface area contributed by atoms with E-state index in [9.17, 15) is 13.2 Å². The lowest BCUT2D eigenvalue weighted by Gasteiger charge is -2.14. The lowest BCUT2D eigenvalue weighted by molar-refractivity contribution is -0.118. The van der Waals surface area contributed by atoms with Crippen LogP contribution in [-0.2, 0) is 14.8 Å². The van der Waals surface area contributed by atoms with Crippen molar-refractivity contribution < 1.29 is 17.9 Å². The Morgan fingerprint density at radius 1 is 1.04 bits per heavy atom. The molecule has 140 valence electrons. The molecule has 0 radical (unpaired) electrons. The van der Waals surface area contributed by atoms with E-state index in [0.717, 1.165) is 5.56 Å². The van der Waals surface area contributed by atoms with E-state index in [1.165, 1.54) is 0 Å². The average molecular weight is 376 g/mol. The van der Waals surface area contributed by atoms with Gasteiger partial charge in [0.2, 0.25) is 10.0 Å². The van der Waals surface area contributed by atoms with Crippen molar-refractivity contribution >= 4 is 27.3 Å². The zero-order valence-corrected chi connectivity index (χ0v) is 16.0. The van der Waals surface area contributed by atoms with Gasteiger partial charge in [-0.25, -0.2) is 8.42 Å². The van der Waals surface area contributed by atoms with Crippen molar-refractivity contribution in [2.75, 3.05) is 22.4 Å². The highest BCUT2D eigenvalue weighted by atomic mass is 32.2. The average Bonchev–Trinajstić information content (AvgIpc) is 2.58. The van der Waals surface area contributed by atoms with Crippen LogP contribution in [0.2, 0.25) is 0 Å². The highest BCUT2D eigenvalue weighted by Gasteiger charge is 2.13. The molecule has 0 aliphatic heterocycles. The minimum Gasteiger partial charge on any atom is -0.484 e. The molecule has 26 heavy (non-hydrogen) atoms. The summed E-state index contributed by atoms with van der Waals surface area (Å²) in [6.07, 6.45) is 0.529. The van der Waals surface area contributed by atoms with Crippen molar-refractivity contribution in [1.29, 1.82) is 0 Å². The van der Waals surface area contributed by atoms with E-state index in [4.69, 9.17) is 4.74 Å². The largest absolute Gasteiger partial charge is 0.484 e. The van der Waals surface area contributed by atoms with Gasteiger partial charge < -0.3 is 10.1 Å². The number of amides is 1. The van der Waals surface area contributed by atoms with Gasteiger partial charge in [0.15, 0.2) is 6.61 Å². The van der Waals surface area contributed by atoms with Gasteiger partial charge in [0, 0.05) is 5.69 Å². The molecule has 0 aliphatic carbocycles. The second-order valence-corrected chi connectivity index (χ2v) is 7.89. The topological polar surface area (TPSA) is 84.5 Å². The number of carbonyl (C=O) groups is 1. The molecule has 2 rings (SSSR count). The molecule has 0 fully saturated rings. The van der Waals surface area contributed by atoms with Crippen LogP contribution >= 0.6 is 0 Å². The van der Waals surface area contributed by atoms with Crippen molar-refractivity contribution in [3.63, 3.8) is 0 Å². The summed E-state index contributed by atoms with van der Waals surface area (Å²) in [5, 5.41) is 2.75. The van der Waals surface area contributed by atoms with Crippen LogP contribution in [0.4, 0.5) is 11.4 Å². The van der Waals surface area contributed by atoms with Gasteiger partial charge in [-0.2, -0.15) is 0 Å². The molecule has 0 aromatic heterocycles. The maximum atomic E-state index is 12.1. The first-order valence-corrected chi connectivity index (χ1v) is 10.1. The number of anilines is 2. The predicted molar refractivity (Wildman–Crippen MR) is 104 cm³/mol. The molecule has 0 saturated heterocycles. The van der Waals surface area contributed by atoms with E-state index >= 15 is 0 Å². The van der Waals surface area contributed by atoms with Gasteiger partial charge in [0.1, 0.15) is 5.75 Å². The normalized spacial score (nSPS) is 11.0. The molecule has 0 spiro atoms. The van der Waals surface area contributed by atoms with E-state index in [1.807, 2.05) is 19.1 Å². The van der Waals surface area contributed by atoms with Crippen LogP contribution in [0.25, 0.3) is 0 Å². The minimum absolute atomic E-state index is 0.0490. The van der Waals surface area contributed by atoms with Gasteiger partial charge in [0.25, 0.3) is 5.91 Å². The number of benzene rings is 2. The summed E-state index contributed by atoms with van der Waals surface area (Å²) < 4.78 is 31.9. The van der Waals surface area contributed by atoms with Crippen LogP contribution < -0.4 is 14.8 Å². The van der Waals surface area contributed by atoms with Gasteiger partial charge in [-0.1, -0.05) is 30.7 Å². The number of nitrogens with one attached hydrogen (secondary N) is 2. The van der Waals surface area contributed by atoms with Crippen molar-refractivity contribution in [3.05, 3.63) is 53.6 Å². The van der Waals surface area contributed by atoms with Gasteiger partial charge in [-0.3, -0.25) is 9.52 Å². The Morgan fingerprint density at radius 2 is 1.69 bits per heavy atom. The zero-order chi connectivity index (χ0) is 19.2. The maximum absolute atomic E-state index is 12.1. The summed E-state index contributed by atoms with van der Waals surface area (Å²) in [4.78, 5) is 12.1. The summed E-state index contributed by atoms with van der Waals surface area (Å²) in [5.41, 5.74) is 2.76. The van der Waals surface area contributed by atoms with E-state index < -0.39 is 10.0 Å². The number of sulfonamides is 1. The van der Waals surface area contributed by atoms with E-state index in [0.29, 0.717) is 29.1 Å². The number of carbonyl (C=O) groups excluding carboxylic acids is 1. The van der Waals surface area contributed by atoms with Gasteiger partial charge in [-0.05, 0) is 50.1 Å². The standard InChI is InChI=1S/C19H24N2O4S/c1-4-12-26(23,24)21-18-7-5-6-17(15(18)3)20-19(22)13-25-16-10-8-14(2)9-11-16/h5-11,21H,4,12-13H2,1-3H3,(H,20,22). The Morgan fingerprint density at radius 3 is 2.35 bits per heavy atom. The molecule has 0 heterocycles. The van der Waals surface area contributed by atoms with Crippen LogP contribution in [0, 0.1) is 13.8 Å². The number of hydrogen-bond acceptors (Lipinski definition) is 4. The molecule has 7 heteroatoms. The molecule has 2 aromatic carbocycles. The highest BCUT2D eigenvalue weighted by Crippen LogP contribution is 2.24. The summed E-state index contributed by atoms with van der Waals surface area (Å²) in [5.74, 6) is 0.346. The van der Waals surface area contributed by atoms with E-state index in [-0.39, 0.29) is 18.3 Å². The van der Waals surface area contributed by atoms with Crippen molar-refractivity contribution in [1.82, 2.24) is 0 Å². The third kappa shape index (κ3) is 5.77. The Bertz CT molecular complexity index is 862. The second-order valence-electron chi connectivity index (χ2n) is 6.05. The molecule has 2 aromatic rings. The number of rotatable bonds is 8. The number of hydrogen-bond donors (Lipinski definition) is 2. The lowest BCUT2D eigenvalue weighted by Crippen LogP contribution is -2.21. The molecule has 0 atom stereocenters. The van der Waals surface area contributed by atoms with Gasteiger partial charge >= 0.3 is 0 Å². The first-order chi connectivity index (χ1) is 12.3. The summed E-state index contributed by atoms with van der Waals surface area (Å²) in [6.45, 7) is 5.40. The maximum Gasteiger partial charge on any atom is 0.262 e. The van der Waals surface area contributed by atoms with Crippen molar-refractivity contribution in [2.24, 2.45) is 0 Å². The van der Waals surface area contributed by atoms with E-state index in [1.54, 1.807) is 44.2 Å². The molecule has 0 aliphatic rings. The Labute approximate surface area is 154 Å². The molecule has 0 saturated carbocycles. The molecule has 0 bridgehead atoms. The fraction of sp³-hybridized carbons (Fsp3) is 0.316. The molecule has 6 nitrogen and oxygen atoms in total. The fourth-order valence-corrected chi connectivity index (χ4v) is 3.53. The van der Waals surface area contributed by atoms with Gasteiger partial charge in [0.05, 0.1) is 11.4 Å². The first-order valence-electron chi connectivity index (χ1n) is 8.40. The Kier molecular flexibility index (Phi) is 6.63. The predicted octanol–water partition coefficient (Wildman–Crippen LogP) is 3.47. The number of ether oxygens (including phenoxy) is 1. The van der Waals surface area contributed by atoms with Crippen LogP contribution in [0.1, 0.15) is 24.5 Å². The van der Waals surface area contributed by atoms with Crippen LogP contribution in [-0.4, -0.2) is 26.7 Å². The minimum atomic E-state index is -3.39. The molecule has 1 amide bonds. The monoisotopic (exact) mass is 376 g/mol. The first kappa shape index (κ1) is 19.8. The molecular weight excluding hydrogens is 352 g/mol. The third-order valence-corrected chi connectivity index (χ3v) is 5.21. The summed E-state index contributed by atoms with van der Waals surface area (Å²) in [6, 6.07) is 12.5. The Hall–Kier alpha value is -2.54. The smallest absolute Gasteiger partial charge is 0.262 e. The molecular formula is C19H24N2O4S. The van der Waals surface area contributed by atoms with Crippen LogP contribution in [0.15, 0.2) is 42.5 Å². The fourth-order valence-electron chi connectivity index (χ4n) is 2.34. The van der Waals surface area contributed by atoms with Crippen molar-refractivity contribution in [2.45, 2.75) is 27.2 Å². The summed E-state index contributed by atoms with van der Waals surface area (Å²) in [7, 11) is -3.39. The lowest BCUT2D eigenvalue weighted by atomic mass is 10.1. The molecule has 0 unspecified atom stereocenters. The van der Waals surface area contributed by atoms with Crippen molar-refractivity contribution in [3.8, 4) is 5.75 Å². The third-order valence-electron chi connectivity index (χ3n) is 3.74. The quantitative estimate of drug-likeness (QED) is 0.739. The van der Waals surface area contributed by atoms with E-state index in [2.05, 4.69) is 10.0 Å².